The zero-order chi connectivity index (χ0) is 47.8. The van der Waals surface area contributed by atoms with Crippen molar-refractivity contribution in [1.82, 2.24) is 9.88 Å². The van der Waals surface area contributed by atoms with E-state index in [4.69, 9.17) is 19.2 Å². The monoisotopic (exact) mass is 986 g/mol. The Kier molecular flexibility index (Phi) is 3.29. The quantitative estimate of drug-likeness (QED) is 0.101. The molecule has 29 aromatic rings. The molecule has 34 rings (SSSR count). The SMILES string of the molecule is COCCOCCOCCN1CC23c4c5c6c7c8c9c(c%10c%11c2c2c4c4c%12c5c5c6c6c8c8c%13c9c9c%10c%10c%11c%11c2c2c4c4c%12c%12c5c5c6c8c6c8c%13c9c9c%10c%10c%11c2c2c4c4c%12c5c6c5c8c9c%10c2c45)C73C1c1ccncc1. The van der Waals surface area contributed by atoms with E-state index in [2.05, 4.69) is 29.4 Å². The third-order valence-electron chi connectivity index (χ3n) is 27.1. The van der Waals surface area contributed by atoms with Crippen LogP contribution in [0.3, 0.4) is 0 Å². The number of nitrogens with zero attached hydrogens (tertiary/aromatic N) is 2. The van der Waals surface area contributed by atoms with Gasteiger partial charge in [0.15, 0.2) is 0 Å². The van der Waals surface area contributed by atoms with Crippen LogP contribution in [0.5, 0.6) is 0 Å². The van der Waals surface area contributed by atoms with Crippen molar-refractivity contribution in [3.8, 4) is 0 Å². The number of hydrogen-bond donors (Lipinski definition) is 0. The third kappa shape index (κ3) is 1.96. The first kappa shape index (κ1) is 32.4. The van der Waals surface area contributed by atoms with Gasteiger partial charge in [0, 0.05) is 32.6 Å². The van der Waals surface area contributed by atoms with Crippen LogP contribution in [0, 0.1) is 0 Å². The van der Waals surface area contributed by atoms with E-state index in [-0.39, 0.29) is 11.5 Å². The molecule has 2 spiro atoms. The molecule has 1 unspecified atom stereocenters. The minimum atomic E-state index is -0.414. The molecular weight excluding hydrogens is 965 g/mol. The van der Waals surface area contributed by atoms with Crippen LogP contribution in [0.2, 0.25) is 0 Å². The molecule has 5 heteroatoms. The largest absolute Gasteiger partial charge is 0.382 e. The highest BCUT2D eigenvalue weighted by molar-refractivity contribution is 6.82. The van der Waals surface area contributed by atoms with Crippen molar-refractivity contribution < 1.29 is 14.2 Å². The van der Waals surface area contributed by atoms with Gasteiger partial charge in [-0.25, -0.2) is 0 Å². The Hall–Kier alpha value is -8.55. The summed E-state index contributed by atoms with van der Waals surface area (Å²) in [5.74, 6) is 0. The lowest BCUT2D eigenvalue weighted by molar-refractivity contribution is 0.0180. The maximum atomic E-state index is 6.76. The van der Waals surface area contributed by atoms with Gasteiger partial charge in [-0.05, 0) is 331 Å². The minimum Gasteiger partial charge on any atom is -0.382 e. The second kappa shape index (κ2) is 8.02. The first-order valence-corrected chi connectivity index (χ1v) is 29.4. The molecule has 0 bridgehead atoms. The van der Waals surface area contributed by atoms with E-state index in [0.717, 1.165) is 13.1 Å². The molecule has 1 aromatic heterocycles. The van der Waals surface area contributed by atoms with Gasteiger partial charge >= 0.3 is 0 Å². The van der Waals surface area contributed by atoms with Crippen molar-refractivity contribution in [2.75, 3.05) is 53.2 Å². The predicted octanol–water partition coefficient (Wildman–Crippen LogP) is 17.4. The molecule has 1 aliphatic heterocycles. The van der Waals surface area contributed by atoms with Crippen LogP contribution in [0.15, 0.2) is 24.5 Å². The van der Waals surface area contributed by atoms with Crippen LogP contribution in [-0.2, 0) is 25.0 Å². The lowest BCUT2D eigenvalue weighted by Crippen LogP contribution is -2.51. The smallest absolute Gasteiger partial charge is 0.0701 e. The molecule has 2 heterocycles. The average Bonchev–Trinajstić information content (AvgIpc) is 1.48. The number of aromatic nitrogens is 1. The number of likely N-dealkylation sites (tertiary alicyclic amines) is 1. The van der Waals surface area contributed by atoms with Gasteiger partial charge in [-0.2, -0.15) is 0 Å². The Morgan fingerprint density at radius 3 is 0.848 bits per heavy atom. The molecule has 1 atom stereocenters. The van der Waals surface area contributed by atoms with Crippen LogP contribution in [-0.4, -0.2) is 63.1 Å². The van der Waals surface area contributed by atoms with Crippen molar-refractivity contribution in [3.63, 3.8) is 0 Å². The summed E-state index contributed by atoms with van der Waals surface area (Å²) in [4.78, 5) is 7.85. The third-order valence-corrected chi connectivity index (χ3v) is 27.1. The molecule has 4 aliphatic carbocycles. The highest BCUT2D eigenvalue weighted by Crippen LogP contribution is 2.87. The Labute approximate surface area is 435 Å². The van der Waals surface area contributed by atoms with E-state index in [0.29, 0.717) is 33.0 Å². The van der Waals surface area contributed by atoms with Crippen molar-refractivity contribution in [2.24, 2.45) is 0 Å². The fraction of sp³-hybridized carbons (Fsp3) is 0.149. The summed E-state index contributed by atoms with van der Waals surface area (Å²) < 4.78 is 18.1. The van der Waals surface area contributed by atoms with E-state index >= 15 is 0 Å². The molecule has 5 aliphatic rings. The fourth-order valence-electron chi connectivity index (χ4n) is 26.8. The molecule has 1 fully saturated rings. The number of ether oxygens (including phenoxy) is 3. The average molecular weight is 987 g/mol. The summed E-state index contributed by atoms with van der Waals surface area (Å²) in [6.07, 6.45) is 4.24. The number of rotatable bonds is 10. The van der Waals surface area contributed by atoms with Crippen LogP contribution >= 0.6 is 0 Å². The summed E-state index contributed by atoms with van der Waals surface area (Å²) in [6, 6.07) is 4.93. The van der Waals surface area contributed by atoms with Crippen LogP contribution in [0.4, 0.5) is 0 Å². The molecule has 1 saturated heterocycles. The summed E-state index contributed by atoms with van der Waals surface area (Å²) in [5, 5.41) is 89.0. The lowest BCUT2D eigenvalue weighted by Gasteiger charge is -2.52. The lowest BCUT2D eigenvalue weighted by atomic mass is 9.47. The Morgan fingerprint density at radius 2 is 0.570 bits per heavy atom. The highest BCUT2D eigenvalue weighted by Gasteiger charge is 2.76. The number of methoxy groups -OCH3 is 1. The van der Waals surface area contributed by atoms with Crippen molar-refractivity contribution in [3.05, 3.63) is 52.3 Å². The van der Waals surface area contributed by atoms with Crippen LogP contribution in [0.1, 0.15) is 33.9 Å². The molecule has 5 nitrogen and oxygen atoms in total. The van der Waals surface area contributed by atoms with E-state index in [9.17, 15) is 0 Å². The van der Waals surface area contributed by atoms with Gasteiger partial charge in [-0.15, -0.1) is 0 Å². The van der Waals surface area contributed by atoms with Crippen molar-refractivity contribution in [1.29, 1.82) is 0 Å². The maximum Gasteiger partial charge on any atom is 0.0701 e. The Morgan fingerprint density at radius 1 is 0.329 bits per heavy atom. The number of pyridine rings is 1. The van der Waals surface area contributed by atoms with Crippen LogP contribution in [0.25, 0.3) is 291 Å². The van der Waals surface area contributed by atoms with Crippen molar-refractivity contribution >= 4 is 291 Å². The Balaban J connectivity index is 0.983. The maximum absolute atomic E-state index is 6.76. The molecule has 79 heavy (non-hydrogen) atoms. The molecule has 28 aromatic carbocycles. The highest BCUT2D eigenvalue weighted by atomic mass is 16.5. The van der Waals surface area contributed by atoms with Gasteiger partial charge in [0.2, 0.25) is 0 Å². The molecule has 0 saturated carbocycles. The molecule has 0 amide bonds. The van der Waals surface area contributed by atoms with Gasteiger partial charge in [-0.1, -0.05) is 0 Å². The normalized spacial score (nSPS) is 22.6. The van der Waals surface area contributed by atoms with E-state index in [1.54, 1.807) is 320 Å². The molecular formula is C74H22N2O3. The molecule has 0 radical (unpaired) electrons. The first-order chi connectivity index (χ1) is 39.4. The Bertz CT molecular complexity index is 7380. The van der Waals surface area contributed by atoms with Gasteiger partial charge in [0.1, 0.15) is 0 Å². The van der Waals surface area contributed by atoms with Gasteiger partial charge in [0.05, 0.1) is 49.9 Å². The standard InChI is InChI=1S/C74H22N2O3/c1-77-8-9-79-11-10-78-7-6-76-12-73-68-60-52-42-32-24-16-14-15-18-22-20(16)28-36-30(22)40-34-26(18)27-19(15)23-21-17(14)25(24)33-39-29(21)37-31(23)41-35(27)45-44(34)56-50(40)58-48(36)54(46(52)38(28)32)62(68)64(58)70-66(56)67-57(45)51(41)59-49(37)55-47(39)53(43(33)42)61(60)69(73)63(55)65(59)71(67)74(70,73)72(76)13-2-4-75-5-3-13/h2-5,72H,6-12H2,1H3. The molecule has 346 valence electrons. The second-order valence-corrected chi connectivity index (χ2v) is 27.8. The topological polar surface area (TPSA) is 43.8 Å². The summed E-state index contributed by atoms with van der Waals surface area (Å²) in [6.45, 7) is 4.81. The molecule has 0 N–H and O–H groups in total. The van der Waals surface area contributed by atoms with Gasteiger partial charge in [-0.3, -0.25) is 9.88 Å². The summed E-state index contributed by atoms with van der Waals surface area (Å²) in [5.41, 5.74) is 7.55. The summed E-state index contributed by atoms with van der Waals surface area (Å²) in [7, 11) is 1.75. The van der Waals surface area contributed by atoms with E-state index in [1.807, 2.05) is 0 Å². The van der Waals surface area contributed by atoms with E-state index in [1.165, 1.54) is 5.56 Å². The predicted molar refractivity (Wildman–Crippen MR) is 326 cm³/mol. The number of hydrogen-bond acceptors (Lipinski definition) is 5. The first-order valence-electron chi connectivity index (χ1n) is 29.4. The second-order valence-electron chi connectivity index (χ2n) is 27.8. The van der Waals surface area contributed by atoms with Crippen LogP contribution < -0.4 is 0 Å². The van der Waals surface area contributed by atoms with Gasteiger partial charge < -0.3 is 14.2 Å². The van der Waals surface area contributed by atoms with Crippen molar-refractivity contribution in [2.45, 2.75) is 16.9 Å². The number of benzene rings is 18. The zero-order valence-corrected chi connectivity index (χ0v) is 41.5. The van der Waals surface area contributed by atoms with Gasteiger partial charge in [0.25, 0.3) is 0 Å². The minimum absolute atomic E-state index is 0.0489. The van der Waals surface area contributed by atoms with E-state index < -0.39 is 5.41 Å². The summed E-state index contributed by atoms with van der Waals surface area (Å²) >= 11 is 0. The fourth-order valence-corrected chi connectivity index (χ4v) is 26.8. The zero-order valence-electron chi connectivity index (χ0n) is 41.5.